The topological polar surface area (TPSA) is 59.8 Å². The molecule has 2 aromatic heterocycles. The van der Waals surface area contributed by atoms with Crippen LogP contribution in [0.25, 0.3) is 11.4 Å². The van der Waals surface area contributed by atoms with Crippen LogP contribution in [0.2, 0.25) is 0 Å². The number of carbonyl (C=O) groups is 1. The third-order valence-corrected chi connectivity index (χ3v) is 4.74. The van der Waals surface area contributed by atoms with Crippen LogP contribution in [0.1, 0.15) is 16.4 Å². The maximum atomic E-state index is 13.1. The lowest BCUT2D eigenvalue weighted by atomic mass is 10.1. The molecule has 1 N–H and O–H groups in total. The highest BCUT2D eigenvalue weighted by Crippen LogP contribution is 2.30. The van der Waals surface area contributed by atoms with Gasteiger partial charge in [-0.1, -0.05) is 30.4 Å². The van der Waals surface area contributed by atoms with Crippen molar-refractivity contribution >= 4 is 23.3 Å². The summed E-state index contributed by atoms with van der Waals surface area (Å²) in [5.41, 5.74) is 1.64. The molecule has 5 nitrogen and oxygen atoms in total. The van der Waals surface area contributed by atoms with Gasteiger partial charge in [0.15, 0.2) is 0 Å². The minimum atomic E-state index is -0.400. The Labute approximate surface area is 166 Å². The number of alkyl halides is 1. The zero-order valence-corrected chi connectivity index (χ0v) is 15.4. The molecule has 0 aliphatic heterocycles. The molecule has 140 valence electrons. The predicted molar refractivity (Wildman–Crippen MR) is 107 cm³/mol. The molecule has 3 aromatic rings. The second kappa shape index (κ2) is 7.78. The van der Waals surface area contributed by atoms with E-state index < -0.39 is 5.82 Å². The van der Waals surface area contributed by atoms with Gasteiger partial charge < -0.3 is 5.32 Å². The monoisotopic (exact) mass is 394 g/mol. The van der Waals surface area contributed by atoms with Gasteiger partial charge >= 0.3 is 0 Å². The molecular formula is C21H16ClFN4O. The highest BCUT2D eigenvalue weighted by Gasteiger charge is 2.24. The van der Waals surface area contributed by atoms with Gasteiger partial charge in [-0.05, 0) is 36.4 Å². The van der Waals surface area contributed by atoms with Crippen molar-refractivity contribution in [3.8, 4) is 11.4 Å². The van der Waals surface area contributed by atoms with E-state index in [1.54, 1.807) is 16.9 Å². The van der Waals surface area contributed by atoms with Crippen molar-refractivity contribution in [1.82, 2.24) is 14.8 Å². The molecule has 1 aliphatic rings. The summed E-state index contributed by atoms with van der Waals surface area (Å²) < 4.78 is 14.8. The number of rotatable bonds is 4. The molecule has 2 unspecified atom stereocenters. The molecule has 2 atom stereocenters. The van der Waals surface area contributed by atoms with Gasteiger partial charge in [0.05, 0.1) is 17.1 Å². The van der Waals surface area contributed by atoms with Crippen LogP contribution in [0.5, 0.6) is 0 Å². The summed E-state index contributed by atoms with van der Waals surface area (Å²) >= 11 is 6.45. The zero-order valence-electron chi connectivity index (χ0n) is 14.7. The van der Waals surface area contributed by atoms with E-state index in [1.807, 2.05) is 42.5 Å². The molecule has 1 aliphatic carbocycles. The second-order valence-corrected chi connectivity index (χ2v) is 6.74. The first-order valence-electron chi connectivity index (χ1n) is 8.69. The molecule has 0 saturated heterocycles. The van der Waals surface area contributed by atoms with Gasteiger partial charge in [-0.2, -0.15) is 5.10 Å². The summed E-state index contributed by atoms with van der Waals surface area (Å²) in [6, 6.07) is 12.4. The van der Waals surface area contributed by atoms with Crippen LogP contribution in [-0.2, 0) is 0 Å². The number of pyridine rings is 1. The van der Waals surface area contributed by atoms with Crippen LogP contribution in [-0.4, -0.2) is 26.0 Å². The van der Waals surface area contributed by atoms with Gasteiger partial charge in [0.2, 0.25) is 0 Å². The van der Waals surface area contributed by atoms with Gasteiger partial charge in [0, 0.05) is 17.8 Å². The molecule has 0 fully saturated rings. The predicted octanol–water partition coefficient (Wildman–Crippen LogP) is 4.61. The van der Waals surface area contributed by atoms with Crippen LogP contribution < -0.4 is 5.32 Å². The van der Waals surface area contributed by atoms with Crippen molar-refractivity contribution in [2.45, 2.75) is 11.4 Å². The molecule has 1 amide bonds. The summed E-state index contributed by atoms with van der Waals surface area (Å²) in [4.78, 5) is 17.0. The lowest BCUT2D eigenvalue weighted by Gasteiger charge is -2.21. The first-order chi connectivity index (χ1) is 13.6. The summed E-state index contributed by atoms with van der Waals surface area (Å²) in [6.45, 7) is 0. The van der Waals surface area contributed by atoms with E-state index in [-0.39, 0.29) is 17.3 Å². The Morgan fingerprint density at radius 3 is 2.57 bits per heavy atom. The van der Waals surface area contributed by atoms with E-state index in [4.69, 9.17) is 11.6 Å². The Bertz CT molecular complexity index is 1040. The van der Waals surface area contributed by atoms with Gasteiger partial charge in [0.1, 0.15) is 17.3 Å². The minimum Gasteiger partial charge on any atom is -0.307 e. The number of nitrogens with one attached hydrogen (secondary N) is 1. The van der Waals surface area contributed by atoms with Crippen molar-refractivity contribution in [3.63, 3.8) is 0 Å². The van der Waals surface area contributed by atoms with Crippen LogP contribution in [0.15, 0.2) is 79.0 Å². The number of aromatic nitrogens is 3. The maximum Gasteiger partial charge on any atom is 0.256 e. The fraction of sp³-hybridized carbons (Fsp3) is 0.0952. The van der Waals surface area contributed by atoms with Gasteiger partial charge in [-0.3, -0.25) is 9.78 Å². The molecule has 0 spiro atoms. The Hall–Kier alpha value is -3.25. The average molecular weight is 395 g/mol. The minimum absolute atomic E-state index is 0.271. The van der Waals surface area contributed by atoms with Crippen molar-refractivity contribution in [2.24, 2.45) is 0 Å². The SMILES string of the molecule is O=C(Nc1cc(-c2ccccn2)nn1C1C=CC=CC1Cl)c1ccc(F)cc1. The van der Waals surface area contributed by atoms with Crippen LogP contribution in [0.4, 0.5) is 10.2 Å². The standard InChI is InChI=1S/C21H16ClFN4O/c22-16-5-1-2-7-19(16)27-20(13-18(26-27)17-6-3-4-12-24-17)25-21(28)14-8-10-15(23)11-9-14/h1-13,16,19H,(H,25,28). The van der Waals surface area contributed by atoms with Crippen molar-refractivity contribution in [1.29, 1.82) is 0 Å². The zero-order chi connectivity index (χ0) is 19.5. The highest BCUT2D eigenvalue weighted by atomic mass is 35.5. The van der Waals surface area contributed by atoms with E-state index in [2.05, 4.69) is 15.4 Å². The average Bonchev–Trinajstić information content (AvgIpc) is 3.13. The summed E-state index contributed by atoms with van der Waals surface area (Å²) in [5, 5.41) is 7.16. The fourth-order valence-corrected chi connectivity index (χ4v) is 3.20. The number of halogens is 2. The van der Waals surface area contributed by atoms with Gasteiger partial charge in [0.25, 0.3) is 5.91 Å². The summed E-state index contributed by atoms with van der Waals surface area (Å²) in [6.07, 6.45) is 9.21. The highest BCUT2D eigenvalue weighted by molar-refractivity contribution is 6.22. The maximum absolute atomic E-state index is 13.1. The number of allylic oxidation sites excluding steroid dienone is 4. The summed E-state index contributed by atoms with van der Waals surface area (Å²) in [7, 11) is 0. The Morgan fingerprint density at radius 1 is 1.07 bits per heavy atom. The molecule has 1 aromatic carbocycles. The molecular weight excluding hydrogens is 379 g/mol. The number of hydrogen-bond acceptors (Lipinski definition) is 3. The molecule has 4 rings (SSSR count). The van der Waals surface area contributed by atoms with Gasteiger partial charge in [-0.15, -0.1) is 11.6 Å². The molecule has 7 heteroatoms. The normalized spacial score (nSPS) is 18.2. The van der Waals surface area contributed by atoms with E-state index in [0.717, 1.165) is 0 Å². The number of anilines is 1. The third kappa shape index (κ3) is 3.73. The first-order valence-corrected chi connectivity index (χ1v) is 9.12. The van der Waals surface area contributed by atoms with E-state index in [9.17, 15) is 9.18 Å². The Balaban J connectivity index is 1.71. The van der Waals surface area contributed by atoms with Crippen LogP contribution >= 0.6 is 11.6 Å². The summed E-state index contributed by atoms with van der Waals surface area (Å²) in [5.74, 6) is -0.288. The van der Waals surface area contributed by atoms with Gasteiger partial charge in [-0.25, -0.2) is 9.07 Å². The smallest absolute Gasteiger partial charge is 0.256 e. The number of benzene rings is 1. The number of amides is 1. The molecule has 2 heterocycles. The molecule has 0 saturated carbocycles. The van der Waals surface area contributed by atoms with Crippen molar-refractivity contribution in [2.75, 3.05) is 5.32 Å². The molecule has 28 heavy (non-hydrogen) atoms. The largest absolute Gasteiger partial charge is 0.307 e. The van der Waals surface area contributed by atoms with Crippen molar-refractivity contribution < 1.29 is 9.18 Å². The quantitative estimate of drug-likeness (QED) is 0.657. The second-order valence-electron chi connectivity index (χ2n) is 6.24. The lowest BCUT2D eigenvalue weighted by molar-refractivity contribution is 0.102. The Morgan fingerprint density at radius 2 is 1.86 bits per heavy atom. The molecule has 0 radical (unpaired) electrons. The van der Waals surface area contributed by atoms with Crippen LogP contribution in [0.3, 0.4) is 0 Å². The first kappa shape index (κ1) is 18.1. The lowest BCUT2D eigenvalue weighted by Crippen LogP contribution is -2.23. The van der Waals surface area contributed by atoms with E-state index in [1.165, 1.54) is 24.3 Å². The number of hydrogen-bond donors (Lipinski definition) is 1. The number of carbonyl (C=O) groups excluding carboxylic acids is 1. The molecule has 0 bridgehead atoms. The fourth-order valence-electron chi connectivity index (χ4n) is 2.93. The van der Waals surface area contributed by atoms with E-state index in [0.29, 0.717) is 22.8 Å². The Kier molecular flexibility index (Phi) is 5.04. The van der Waals surface area contributed by atoms with Crippen molar-refractivity contribution in [3.05, 3.63) is 90.4 Å². The van der Waals surface area contributed by atoms with Crippen LogP contribution in [0, 0.1) is 5.82 Å². The van der Waals surface area contributed by atoms with E-state index >= 15 is 0 Å². The third-order valence-electron chi connectivity index (χ3n) is 4.33. The number of nitrogens with zero attached hydrogens (tertiary/aromatic N) is 3.